The van der Waals surface area contributed by atoms with Crippen molar-refractivity contribution < 1.29 is 0 Å². The van der Waals surface area contributed by atoms with Crippen molar-refractivity contribution in [1.29, 1.82) is 0 Å². The van der Waals surface area contributed by atoms with Gasteiger partial charge in [0.25, 0.3) is 0 Å². The maximum atomic E-state index is 3.62. The molecule has 0 radical (unpaired) electrons. The summed E-state index contributed by atoms with van der Waals surface area (Å²) in [6.07, 6.45) is 7.34. The molecule has 1 saturated carbocycles. The number of hydrogen-bond donors (Lipinski definition) is 1. The topological polar surface area (TPSA) is 15.3 Å². The van der Waals surface area contributed by atoms with Gasteiger partial charge in [0, 0.05) is 18.6 Å². The Kier molecular flexibility index (Phi) is 4.87. The fraction of sp³-hybridized carbons (Fsp3) is 1.00. The summed E-state index contributed by atoms with van der Waals surface area (Å²) >= 11 is 0. The first kappa shape index (κ1) is 13.4. The first-order valence-corrected chi connectivity index (χ1v) is 7.65. The number of rotatable bonds is 5. The third kappa shape index (κ3) is 3.45. The molecule has 1 aliphatic carbocycles. The molecule has 0 amide bonds. The van der Waals surface area contributed by atoms with E-state index >= 15 is 0 Å². The van der Waals surface area contributed by atoms with Gasteiger partial charge in [-0.2, -0.15) is 0 Å². The van der Waals surface area contributed by atoms with Gasteiger partial charge in [0.1, 0.15) is 0 Å². The minimum absolute atomic E-state index is 0.722. The van der Waals surface area contributed by atoms with Crippen LogP contribution in [0.25, 0.3) is 0 Å². The van der Waals surface area contributed by atoms with E-state index in [4.69, 9.17) is 0 Å². The summed E-state index contributed by atoms with van der Waals surface area (Å²) in [4.78, 5) is 2.80. The molecule has 0 aromatic heterocycles. The molecule has 2 fully saturated rings. The van der Waals surface area contributed by atoms with Crippen LogP contribution < -0.4 is 5.32 Å². The Bertz CT molecular complexity index is 227. The molecule has 0 aromatic carbocycles. The van der Waals surface area contributed by atoms with Crippen LogP contribution in [0.15, 0.2) is 0 Å². The highest BCUT2D eigenvalue weighted by Gasteiger charge is 2.36. The molecule has 2 aliphatic rings. The van der Waals surface area contributed by atoms with E-state index in [0.29, 0.717) is 0 Å². The molecular weight excluding hydrogens is 208 g/mol. The van der Waals surface area contributed by atoms with Gasteiger partial charge in [-0.3, -0.25) is 4.90 Å². The number of hydrogen-bond acceptors (Lipinski definition) is 2. The molecule has 1 saturated heterocycles. The highest BCUT2D eigenvalue weighted by molar-refractivity contribution is 4.91. The molecule has 0 aromatic rings. The number of piperidine rings is 1. The molecule has 1 N–H and O–H groups in total. The van der Waals surface area contributed by atoms with Gasteiger partial charge in [-0.05, 0) is 57.5 Å². The van der Waals surface area contributed by atoms with Crippen molar-refractivity contribution in [2.24, 2.45) is 11.8 Å². The molecule has 1 aliphatic heterocycles. The van der Waals surface area contributed by atoms with Gasteiger partial charge in [-0.1, -0.05) is 20.3 Å². The van der Waals surface area contributed by atoms with Crippen LogP contribution in [0.2, 0.25) is 0 Å². The van der Waals surface area contributed by atoms with Gasteiger partial charge in [0.05, 0.1) is 0 Å². The molecule has 3 unspecified atom stereocenters. The van der Waals surface area contributed by atoms with Crippen LogP contribution in [0.1, 0.15) is 52.9 Å². The largest absolute Gasteiger partial charge is 0.315 e. The lowest BCUT2D eigenvalue weighted by atomic mass is 9.91. The average Bonchev–Trinajstić information content (AvgIpc) is 2.75. The van der Waals surface area contributed by atoms with Gasteiger partial charge in [0.2, 0.25) is 0 Å². The van der Waals surface area contributed by atoms with Crippen LogP contribution in [0.4, 0.5) is 0 Å². The summed E-state index contributed by atoms with van der Waals surface area (Å²) in [6, 6.07) is 1.64. The SMILES string of the molecule is CC(C)CNCC(C)N1CCCC2CCCC21. The Balaban J connectivity index is 1.79. The minimum atomic E-state index is 0.722. The summed E-state index contributed by atoms with van der Waals surface area (Å²) in [7, 11) is 0. The van der Waals surface area contributed by atoms with E-state index in [0.717, 1.165) is 30.5 Å². The fourth-order valence-electron chi connectivity index (χ4n) is 3.74. The lowest BCUT2D eigenvalue weighted by Gasteiger charge is -2.41. The van der Waals surface area contributed by atoms with Gasteiger partial charge < -0.3 is 5.32 Å². The molecule has 17 heavy (non-hydrogen) atoms. The van der Waals surface area contributed by atoms with Crippen molar-refractivity contribution in [1.82, 2.24) is 10.2 Å². The molecule has 0 bridgehead atoms. The van der Waals surface area contributed by atoms with Crippen molar-refractivity contribution >= 4 is 0 Å². The normalized spacial score (nSPS) is 31.8. The maximum absolute atomic E-state index is 3.62. The highest BCUT2D eigenvalue weighted by Crippen LogP contribution is 2.37. The van der Waals surface area contributed by atoms with Crippen molar-refractivity contribution in [2.45, 2.75) is 65.0 Å². The zero-order chi connectivity index (χ0) is 12.3. The van der Waals surface area contributed by atoms with Crippen molar-refractivity contribution in [2.75, 3.05) is 19.6 Å². The monoisotopic (exact) mass is 238 g/mol. The Labute approximate surface area is 107 Å². The van der Waals surface area contributed by atoms with Crippen LogP contribution in [-0.4, -0.2) is 36.6 Å². The predicted octanol–water partition coefficient (Wildman–Crippen LogP) is 2.89. The molecule has 100 valence electrons. The molecule has 2 rings (SSSR count). The van der Waals surface area contributed by atoms with Gasteiger partial charge >= 0.3 is 0 Å². The molecule has 2 heteroatoms. The first-order valence-electron chi connectivity index (χ1n) is 7.65. The van der Waals surface area contributed by atoms with Crippen LogP contribution in [-0.2, 0) is 0 Å². The first-order chi connectivity index (χ1) is 8.18. The van der Waals surface area contributed by atoms with Crippen molar-refractivity contribution in [3.05, 3.63) is 0 Å². The minimum Gasteiger partial charge on any atom is -0.315 e. The van der Waals surface area contributed by atoms with E-state index in [1.165, 1.54) is 45.2 Å². The van der Waals surface area contributed by atoms with Crippen LogP contribution in [0.5, 0.6) is 0 Å². The molecule has 0 spiro atoms. The molecule has 1 heterocycles. The predicted molar refractivity (Wildman–Crippen MR) is 74.2 cm³/mol. The van der Waals surface area contributed by atoms with Crippen molar-refractivity contribution in [3.63, 3.8) is 0 Å². The van der Waals surface area contributed by atoms with Crippen LogP contribution >= 0.6 is 0 Å². The van der Waals surface area contributed by atoms with Crippen LogP contribution in [0, 0.1) is 11.8 Å². The quantitative estimate of drug-likeness (QED) is 0.792. The van der Waals surface area contributed by atoms with Crippen molar-refractivity contribution in [3.8, 4) is 0 Å². The lowest BCUT2D eigenvalue weighted by Crippen LogP contribution is -2.50. The van der Waals surface area contributed by atoms with E-state index in [1.54, 1.807) is 0 Å². The second kappa shape index (κ2) is 6.19. The zero-order valence-electron chi connectivity index (χ0n) is 11.9. The van der Waals surface area contributed by atoms with E-state index in [2.05, 4.69) is 31.0 Å². The second-order valence-corrected chi connectivity index (χ2v) is 6.54. The smallest absolute Gasteiger partial charge is 0.0195 e. The standard InChI is InChI=1S/C15H30N2/c1-12(2)10-16-11-13(3)17-9-5-7-14-6-4-8-15(14)17/h12-16H,4-11H2,1-3H3. The fourth-order valence-corrected chi connectivity index (χ4v) is 3.74. The van der Waals surface area contributed by atoms with E-state index in [9.17, 15) is 0 Å². The highest BCUT2D eigenvalue weighted by atomic mass is 15.2. The summed E-state index contributed by atoms with van der Waals surface area (Å²) in [5, 5.41) is 3.62. The molecule has 3 atom stereocenters. The van der Waals surface area contributed by atoms with E-state index in [-0.39, 0.29) is 0 Å². The van der Waals surface area contributed by atoms with E-state index in [1.807, 2.05) is 0 Å². The van der Waals surface area contributed by atoms with Gasteiger partial charge in [0.15, 0.2) is 0 Å². The number of fused-ring (bicyclic) bond motifs is 1. The third-order valence-corrected chi connectivity index (χ3v) is 4.59. The van der Waals surface area contributed by atoms with Crippen LogP contribution in [0.3, 0.4) is 0 Å². The third-order valence-electron chi connectivity index (χ3n) is 4.59. The maximum Gasteiger partial charge on any atom is 0.0195 e. The van der Waals surface area contributed by atoms with Gasteiger partial charge in [-0.15, -0.1) is 0 Å². The zero-order valence-corrected chi connectivity index (χ0v) is 11.9. The summed E-state index contributed by atoms with van der Waals surface area (Å²) in [5.74, 6) is 1.79. The summed E-state index contributed by atoms with van der Waals surface area (Å²) in [5.41, 5.74) is 0. The molecule has 2 nitrogen and oxygen atoms in total. The Morgan fingerprint density at radius 1 is 1.06 bits per heavy atom. The number of nitrogens with one attached hydrogen (secondary N) is 1. The lowest BCUT2D eigenvalue weighted by molar-refractivity contribution is 0.0741. The Hall–Kier alpha value is -0.0800. The second-order valence-electron chi connectivity index (χ2n) is 6.54. The summed E-state index contributed by atoms with van der Waals surface area (Å²) in [6.45, 7) is 10.6. The molecular formula is C15H30N2. The van der Waals surface area contributed by atoms with E-state index < -0.39 is 0 Å². The number of nitrogens with zero attached hydrogens (tertiary/aromatic N) is 1. The number of likely N-dealkylation sites (tertiary alicyclic amines) is 1. The Morgan fingerprint density at radius 3 is 2.59 bits per heavy atom. The van der Waals surface area contributed by atoms with Gasteiger partial charge in [-0.25, -0.2) is 0 Å². The Morgan fingerprint density at radius 2 is 1.82 bits per heavy atom. The average molecular weight is 238 g/mol. The summed E-state index contributed by atoms with van der Waals surface area (Å²) < 4.78 is 0.